The van der Waals surface area contributed by atoms with Crippen LogP contribution in [-0.4, -0.2) is 42.2 Å². The van der Waals surface area contributed by atoms with E-state index in [2.05, 4.69) is 24.1 Å². The van der Waals surface area contributed by atoms with Crippen molar-refractivity contribution < 1.29 is 14.3 Å². The minimum Gasteiger partial charge on any atom is -0.480 e. The van der Waals surface area contributed by atoms with Gasteiger partial charge in [0.2, 0.25) is 0 Å². The highest BCUT2D eigenvalue weighted by Gasteiger charge is 2.45. The molecule has 1 aromatic carbocycles. The van der Waals surface area contributed by atoms with Gasteiger partial charge < -0.3 is 10.0 Å². The van der Waals surface area contributed by atoms with Gasteiger partial charge in [-0.15, -0.1) is 0 Å². The Hall–Kier alpha value is -1.46. The summed E-state index contributed by atoms with van der Waals surface area (Å²) in [6.07, 6.45) is 1.07. The lowest BCUT2D eigenvalue weighted by atomic mass is 9.91. The number of halogens is 1. The molecule has 0 heterocycles. The van der Waals surface area contributed by atoms with Crippen LogP contribution in [0.15, 0.2) is 18.2 Å². The van der Waals surface area contributed by atoms with E-state index in [1.807, 2.05) is 0 Å². The van der Waals surface area contributed by atoms with E-state index in [4.69, 9.17) is 0 Å². The number of likely N-dealkylation sites (N-methyl/N-ethyl adjacent to an activating group) is 1. The zero-order chi connectivity index (χ0) is 15.5. The first-order chi connectivity index (χ1) is 10.0. The van der Waals surface area contributed by atoms with Crippen molar-refractivity contribution in [2.75, 3.05) is 26.2 Å². The van der Waals surface area contributed by atoms with E-state index in [0.717, 1.165) is 25.2 Å². The Kier molecular flexibility index (Phi) is 4.96. The maximum Gasteiger partial charge on any atom is 0.328 e. The molecule has 0 bridgehead atoms. The fourth-order valence-electron chi connectivity index (χ4n) is 3.09. The molecule has 1 unspecified atom stereocenters. The standard InChI is InChI=1S/C16H23FN2O2/c1-3-19(4-2)10-9-18-16(15(20)21)8-7-12-11-13(17)5-6-14(12)16/h5-6,11,18H,3-4,7-10H2,1-2H3,(H,20,21). The number of carboxylic acid groups (broad SMARTS) is 1. The van der Waals surface area contributed by atoms with Gasteiger partial charge in [-0.3, -0.25) is 5.32 Å². The van der Waals surface area contributed by atoms with E-state index in [0.29, 0.717) is 24.9 Å². The molecule has 116 valence electrons. The van der Waals surface area contributed by atoms with E-state index in [9.17, 15) is 14.3 Å². The second-order valence-corrected chi connectivity index (χ2v) is 5.47. The summed E-state index contributed by atoms with van der Waals surface area (Å²) in [4.78, 5) is 14.1. The summed E-state index contributed by atoms with van der Waals surface area (Å²) < 4.78 is 13.3. The Morgan fingerprint density at radius 2 is 2.14 bits per heavy atom. The lowest BCUT2D eigenvalue weighted by Gasteiger charge is -2.29. The highest BCUT2D eigenvalue weighted by Crippen LogP contribution is 2.37. The fourth-order valence-corrected chi connectivity index (χ4v) is 3.09. The Labute approximate surface area is 125 Å². The van der Waals surface area contributed by atoms with E-state index < -0.39 is 11.5 Å². The predicted octanol–water partition coefficient (Wildman–Crippen LogP) is 1.98. The van der Waals surface area contributed by atoms with Crippen LogP contribution >= 0.6 is 0 Å². The molecular weight excluding hydrogens is 271 g/mol. The maximum atomic E-state index is 13.3. The van der Waals surface area contributed by atoms with Crippen molar-refractivity contribution >= 4 is 5.97 Å². The molecule has 0 amide bonds. The Morgan fingerprint density at radius 3 is 2.76 bits per heavy atom. The van der Waals surface area contributed by atoms with Crippen molar-refractivity contribution in [2.45, 2.75) is 32.2 Å². The molecule has 4 nitrogen and oxygen atoms in total. The van der Waals surface area contributed by atoms with Gasteiger partial charge in [-0.25, -0.2) is 9.18 Å². The average Bonchev–Trinajstić information content (AvgIpc) is 2.83. The van der Waals surface area contributed by atoms with Crippen molar-refractivity contribution in [1.29, 1.82) is 0 Å². The topological polar surface area (TPSA) is 52.6 Å². The Balaban J connectivity index is 2.15. The smallest absolute Gasteiger partial charge is 0.328 e. The van der Waals surface area contributed by atoms with Crippen LogP contribution in [0.4, 0.5) is 4.39 Å². The second kappa shape index (κ2) is 6.54. The lowest BCUT2D eigenvalue weighted by Crippen LogP contribution is -2.50. The molecule has 1 aliphatic rings. The van der Waals surface area contributed by atoms with E-state index in [1.165, 1.54) is 12.1 Å². The van der Waals surface area contributed by atoms with Crippen LogP contribution in [-0.2, 0) is 16.8 Å². The van der Waals surface area contributed by atoms with Crippen molar-refractivity contribution in [3.05, 3.63) is 35.1 Å². The third-order valence-electron chi connectivity index (χ3n) is 4.41. The van der Waals surface area contributed by atoms with Crippen LogP contribution < -0.4 is 5.32 Å². The van der Waals surface area contributed by atoms with Gasteiger partial charge in [0.05, 0.1) is 0 Å². The molecule has 5 heteroatoms. The number of aliphatic carboxylic acids is 1. The summed E-state index contributed by atoms with van der Waals surface area (Å²) in [5.41, 5.74) is 0.430. The van der Waals surface area contributed by atoms with Crippen molar-refractivity contribution in [2.24, 2.45) is 0 Å². The lowest BCUT2D eigenvalue weighted by molar-refractivity contribution is -0.145. The summed E-state index contributed by atoms with van der Waals surface area (Å²) >= 11 is 0. The molecule has 0 aromatic heterocycles. The first-order valence-corrected chi connectivity index (χ1v) is 7.53. The van der Waals surface area contributed by atoms with Crippen LogP contribution in [0.2, 0.25) is 0 Å². The second-order valence-electron chi connectivity index (χ2n) is 5.47. The van der Waals surface area contributed by atoms with Crippen LogP contribution in [0.25, 0.3) is 0 Å². The minimum atomic E-state index is -1.07. The number of rotatable bonds is 7. The number of nitrogens with one attached hydrogen (secondary N) is 1. The van der Waals surface area contributed by atoms with E-state index >= 15 is 0 Å². The molecule has 2 rings (SSSR count). The van der Waals surface area contributed by atoms with Gasteiger partial charge in [0.1, 0.15) is 11.4 Å². The van der Waals surface area contributed by atoms with Crippen LogP contribution in [0.1, 0.15) is 31.4 Å². The Bertz CT molecular complexity index is 517. The van der Waals surface area contributed by atoms with Gasteiger partial charge in [0, 0.05) is 13.1 Å². The molecule has 0 radical (unpaired) electrons. The molecule has 0 saturated carbocycles. The number of carbonyl (C=O) groups is 1. The first-order valence-electron chi connectivity index (χ1n) is 7.53. The molecule has 0 fully saturated rings. The zero-order valence-corrected chi connectivity index (χ0v) is 12.7. The molecule has 1 aromatic rings. The summed E-state index contributed by atoms with van der Waals surface area (Å²) in [7, 11) is 0. The summed E-state index contributed by atoms with van der Waals surface area (Å²) in [6, 6.07) is 4.40. The van der Waals surface area contributed by atoms with Crippen LogP contribution in [0, 0.1) is 5.82 Å². The summed E-state index contributed by atoms with van der Waals surface area (Å²) in [5.74, 6) is -1.19. The molecule has 1 aliphatic carbocycles. The zero-order valence-electron chi connectivity index (χ0n) is 12.7. The number of carboxylic acids is 1. The third kappa shape index (κ3) is 3.09. The van der Waals surface area contributed by atoms with Crippen LogP contribution in [0.5, 0.6) is 0 Å². The number of hydrogen-bond donors (Lipinski definition) is 2. The van der Waals surface area contributed by atoms with Gasteiger partial charge >= 0.3 is 5.97 Å². The average molecular weight is 294 g/mol. The van der Waals surface area contributed by atoms with Gasteiger partial charge in [0.25, 0.3) is 0 Å². The van der Waals surface area contributed by atoms with Crippen molar-refractivity contribution in [3.63, 3.8) is 0 Å². The molecule has 2 N–H and O–H groups in total. The predicted molar refractivity (Wildman–Crippen MR) is 79.8 cm³/mol. The van der Waals surface area contributed by atoms with Crippen molar-refractivity contribution in [3.8, 4) is 0 Å². The summed E-state index contributed by atoms with van der Waals surface area (Å²) in [6.45, 7) is 7.47. The fraction of sp³-hybridized carbons (Fsp3) is 0.562. The number of fused-ring (bicyclic) bond motifs is 1. The largest absolute Gasteiger partial charge is 0.480 e. The molecule has 21 heavy (non-hydrogen) atoms. The number of aryl methyl sites for hydroxylation is 1. The minimum absolute atomic E-state index is 0.307. The molecule has 0 spiro atoms. The highest BCUT2D eigenvalue weighted by atomic mass is 19.1. The van der Waals surface area contributed by atoms with E-state index in [-0.39, 0.29) is 5.82 Å². The van der Waals surface area contributed by atoms with Gasteiger partial charge in [-0.1, -0.05) is 19.9 Å². The van der Waals surface area contributed by atoms with Gasteiger partial charge in [0.15, 0.2) is 0 Å². The first kappa shape index (κ1) is 15.9. The highest BCUT2D eigenvalue weighted by molar-refractivity contribution is 5.82. The molecular formula is C16H23FN2O2. The Morgan fingerprint density at radius 1 is 1.43 bits per heavy atom. The van der Waals surface area contributed by atoms with Crippen LogP contribution in [0.3, 0.4) is 0 Å². The van der Waals surface area contributed by atoms with Gasteiger partial charge in [-0.05, 0) is 49.2 Å². The third-order valence-corrected chi connectivity index (χ3v) is 4.41. The number of hydrogen-bond acceptors (Lipinski definition) is 3. The van der Waals surface area contributed by atoms with E-state index in [1.54, 1.807) is 6.07 Å². The molecule has 1 atom stereocenters. The molecule has 0 aliphatic heterocycles. The maximum absolute atomic E-state index is 13.3. The monoisotopic (exact) mass is 294 g/mol. The summed E-state index contributed by atoms with van der Waals surface area (Å²) in [5, 5.41) is 12.9. The normalized spacial score (nSPS) is 20.8. The quantitative estimate of drug-likeness (QED) is 0.807. The van der Waals surface area contributed by atoms with Gasteiger partial charge in [-0.2, -0.15) is 0 Å². The number of nitrogens with zero attached hydrogens (tertiary/aromatic N) is 1. The number of benzene rings is 1. The molecule has 0 saturated heterocycles. The SMILES string of the molecule is CCN(CC)CCNC1(C(=O)O)CCc2cc(F)ccc21. The van der Waals surface area contributed by atoms with Crippen molar-refractivity contribution in [1.82, 2.24) is 10.2 Å².